The monoisotopic (exact) mass is 270 g/mol. The van der Waals surface area contributed by atoms with Gasteiger partial charge < -0.3 is 10.2 Å². The van der Waals surface area contributed by atoms with E-state index < -0.39 is 0 Å². The van der Waals surface area contributed by atoms with Crippen LogP contribution >= 0.6 is 0 Å². The summed E-state index contributed by atoms with van der Waals surface area (Å²) in [5.41, 5.74) is 6.89. The van der Waals surface area contributed by atoms with Crippen LogP contribution in [0.5, 0.6) is 5.75 Å². The number of nitrogens with zero attached hydrogens (tertiary/aromatic N) is 2. The quantitative estimate of drug-likeness (QED) is 0.661. The zero-order valence-corrected chi connectivity index (χ0v) is 11.7. The number of benzene rings is 1. The van der Waals surface area contributed by atoms with Crippen molar-refractivity contribution < 1.29 is 4.74 Å². The molecule has 0 saturated heterocycles. The summed E-state index contributed by atoms with van der Waals surface area (Å²) in [7, 11) is 0. The maximum absolute atomic E-state index is 5.55. The van der Waals surface area contributed by atoms with Crippen LogP contribution < -0.4 is 16.0 Å². The van der Waals surface area contributed by atoms with E-state index in [-0.39, 0.29) is 0 Å². The van der Waals surface area contributed by atoms with Crippen LogP contribution in [-0.2, 0) is 12.8 Å². The summed E-state index contributed by atoms with van der Waals surface area (Å²) in [6.07, 6.45) is 1.79. The smallest absolute Gasteiger partial charge is 0.161 e. The number of nitrogen functional groups attached to an aromatic ring is 1. The number of hydrazine groups is 1. The molecular weight excluding hydrogens is 252 g/mol. The van der Waals surface area contributed by atoms with Crippen LogP contribution in [0.1, 0.15) is 23.7 Å². The Morgan fingerprint density at radius 3 is 2.95 bits per heavy atom. The number of anilines is 1. The van der Waals surface area contributed by atoms with E-state index in [4.69, 9.17) is 10.6 Å². The highest BCUT2D eigenvalue weighted by molar-refractivity contribution is 5.62. The van der Waals surface area contributed by atoms with E-state index in [0.717, 1.165) is 42.0 Å². The van der Waals surface area contributed by atoms with Gasteiger partial charge in [0.15, 0.2) is 5.82 Å². The van der Waals surface area contributed by atoms with Gasteiger partial charge in [0.2, 0.25) is 0 Å². The highest BCUT2D eigenvalue weighted by Gasteiger charge is 2.15. The first kappa shape index (κ1) is 12.9. The zero-order chi connectivity index (χ0) is 14.1. The molecule has 1 aromatic heterocycles. The second-order valence-corrected chi connectivity index (χ2v) is 4.89. The summed E-state index contributed by atoms with van der Waals surface area (Å²) in [5, 5.41) is 0. The molecule has 0 amide bonds. The molecule has 20 heavy (non-hydrogen) atoms. The van der Waals surface area contributed by atoms with Gasteiger partial charge in [-0.25, -0.2) is 15.8 Å². The minimum absolute atomic E-state index is 0.684. The third-order valence-electron chi connectivity index (χ3n) is 3.67. The van der Waals surface area contributed by atoms with Crippen molar-refractivity contribution in [1.82, 2.24) is 9.97 Å². The van der Waals surface area contributed by atoms with Crippen LogP contribution in [0.2, 0.25) is 0 Å². The standard InChI is InChI=1S/C15H18N4O/c1-3-12-9(2)14(19-16)18-15(17-12)11-4-5-13-10(8-11)6-7-20-13/h4-5,8H,3,6-7,16H2,1-2H3,(H,17,18,19). The summed E-state index contributed by atoms with van der Waals surface area (Å²) in [5.74, 6) is 7.91. The number of rotatable bonds is 3. The van der Waals surface area contributed by atoms with Gasteiger partial charge in [-0.15, -0.1) is 0 Å². The van der Waals surface area contributed by atoms with E-state index in [2.05, 4.69) is 28.4 Å². The molecule has 1 aliphatic heterocycles. The molecule has 0 bridgehead atoms. The van der Waals surface area contributed by atoms with Gasteiger partial charge in [-0.3, -0.25) is 0 Å². The number of aromatic nitrogens is 2. The van der Waals surface area contributed by atoms with Crippen molar-refractivity contribution in [1.29, 1.82) is 0 Å². The predicted molar refractivity (Wildman–Crippen MR) is 78.6 cm³/mol. The first-order valence-electron chi connectivity index (χ1n) is 6.83. The van der Waals surface area contributed by atoms with Crippen molar-refractivity contribution in [3.8, 4) is 17.1 Å². The average molecular weight is 270 g/mol. The molecule has 1 aliphatic rings. The second-order valence-electron chi connectivity index (χ2n) is 4.89. The van der Waals surface area contributed by atoms with Crippen molar-refractivity contribution >= 4 is 5.82 Å². The predicted octanol–water partition coefficient (Wildman–Crippen LogP) is 2.23. The Kier molecular flexibility index (Phi) is 3.28. The minimum atomic E-state index is 0.684. The van der Waals surface area contributed by atoms with E-state index in [0.29, 0.717) is 11.6 Å². The van der Waals surface area contributed by atoms with Gasteiger partial charge >= 0.3 is 0 Å². The maximum atomic E-state index is 5.55. The summed E-state index contributed by atoms with van der Waals surface area (Å²) in [6, 6.07) is 6.09. The number of fused-ring (bicyclic) bond motifs is 1. The molecule has 104 valence electrons. The van der Waals surface area contributed by atoms with Crippen LogP contribution in [0.25, 0.3) is 11.4 Å². The second kappa shape index (κ2) is 5.09. The molecule has 2 aromatic rings. The lowest BCUT2D eigenvalue weighted by Crippen LogP contribution is -2.13. The molecule has 3 N–H and O–H groups in total. The number of hydrogen-bond acceptors (Lipinski definition) is 5. The topological polar surface area (TPSA) is 73.1 Å². The fraction of sp³-hybridized carbons (Fsp3) is 0.333. The van der Waals surface area contributed by atoms with Crippen molar-refractivity contribution in [2.75, 3.05) is 12.0 Å². The van der Waals surface area contributed by atoms with Gasteiger partial charge in [0.25, 0.3) is 0 Å². The Balaban J connectivity index is 2.09. The van der Waals surface area contributed by atoms with Crippen LogP contribution in [0.3, 0.4) is 0 Å². The van der Waals surface area contributed by atoms with Crippen LogP contribution in [-0.4, -0.2) is 16.6 Å². The molecule has 0 aliphatic carbocycles. The molecular formula is C15H18N4O. The Hall–Kier alpha value is -2.14. The highest BCUT2D eigenvalue weighted by Crippen LogP contribution is 2.30. The van der Waals surface area contributed by atoms with Crippen LogP contribution in [0, 0.1) is 6.92 Å². The van der Waals surface area contributed by atoms with E-state index >= 15 is 0 Å². The first-order chi connectivity index (χ1) is 9.72. The van der Waals surface area contributed by atoms with Crippen LogP contribution in [0.4, 0.5) is 5.82 Å². The van der Waals surface area contributed by atoms with Gasteiger partial charge in [-0.1, -0.05) is 6.92 Å². The van der Waals surface area contributed by atoms with Gasteiger partial charge in [0, 0.05) is 23.2 Å². The maximum Gasteiger partial charge on any atom is 0.161 e. The molecule has 5 heteroatoms. The molecule has 0 atom stereocenters. The molecule has 0 unspecified atom stereocenters. The molecule has 0 saturated carbocycles. The van der Waals surface area contributed by atoms with E-state index in [1.165, 1.54) is 5.56 Å². The van der Waals surface area contributed by atoms with Crippen molar-refractivity contribution in [2.24, 2.45) is 5.84 Å². The van der Waals surface area contributed by atoms with Crippen LogP contribution in [0.15, 0.2) is 18.2 Å². The molecule has 0 radical (unpaired) electrons. The zero-order valence-electron chi connectivity index (χ0n) is 11.7. The number of ether oxygens (including phenoxy) is 1. The average Bonchev–Trinajstić information content (AvgIpc) is 2.95. The lowest BCUT2D eigenvalue weighted by molar-refractivity contribution is 0.357. The van der Waals surface area contributed by atoms with Gasteiger partial charge in [0.1, 0.15) is 11.6 Å². The summed E-state index contributed by atoms with van der Waals surface area (Å²) in [6.45, 7) is 4.81. The Labute approximate surface area is 118 Å². The van der Waals surface area contributed by atoms with E-state index in [1.807, 2.05) is 19.1 Å². The van der Waals surface area contributed by atoms with Crippen molar-refractivity contribution in [3.63, 3.8) is 0 Å². The molecule has 3 rings (SSSR count). The van der Waals surface area contributed by atoms with Gasteiger partial charge in [-0.2, -0.15) is 0 Å². The summed E-state index contributed by atoms with van der Waals surface area (Å²) < 4.78 is 5.53. The Morgan fingerprint density at radius 1 is 1.35 bits per heavy atom. The fourth-order valence-corrected chi connectivity index (χ4v) is 2.50. The van der Waals surface area contributed by atoms with Crippen molar-refractivity contribution in [3.05, 3.63) is 35.0 Å². The molecule has 5 nitrogen and oxygen atoms in total. The third kappa shape index (κ3) is 2.10. The summed E-state index contributed by atoms with van der Waals surface area (Å²) >= 11 is 0. The first-order valence-corrected chi connectivity index (χ1v) is 6.83. The largest absolute Gasteiger partial charge is 0.493 e. The molecule has 0 fully saturated rings. The number of hydrogen-bond donors (Lipinski definition) is 2. The molecule has 1 aromatic carbocycles. The molecule has 0 spiro atoms. The van der Waals surface area contributed by atoms with Gasteiger partial charge in [0.05, 0.1) is 6.61 Å². The normalized spacial score (nSPS) is 12.9. The third-order valence-corrected chi connectivity index (χ3v) is 3.67. The highest BCUT2D eigenvalue weighted by atomic mass is 16.5. The van der Waals surface area contributed by atoms with Gasteiger partial charge in [-0.05, 0) is 37.1 Å². The number of aryl methyl sites for hydroxylation is 1. The fourth-order valence-electron chi connectivity index (χ4n) is 2.50. The minimum Gasteiger partial charge on any atom is -0.493 e. The lowest BCUT2D eigenvalue weighted by Gasteiger charge is -2.11. The van der Waals surface area contributed by atoms with Crippen molar-refractivity contribution in [2.45, 2.75) is 26.7 Å². The Bertz CT molecular complexity index is 629. The SMILES string of the molecule is CCc1nc(-c2ccc3c(c2)CCO3)nc(NN)c1C. The Morgan fingerprint density at radius 2 is 2.20 bits per heavy atom. The number of nitrogens with two attached hydrogens (primary N) is 1. The molecule has 2 heterocycles. The lowest BCUT2D eigenvalue weighted by atomic mass is 10.1. The van der Waals surface area contributed by atoms with E-state index in [9.17, 15) is 0 Å². The number of nitrogens with one attached hydrogen (secondary N) is 1. The van der Waals surface area contributed by atoms with E-state index in [1.54, 1.807) is 0 Å². The summed E-state index contributed by atoms with van der Waals surface area (Å²) in [4.78, 5) is 9.15.